The second kappa shape index (κ2) is 6.87. The third-order valence-corrected chi connectivity index (χ3v) is 5.06. The van der Waals surface area contributed by atoms with Gasteiger partial charge in [-0.05, 0) is 30.5 Å². The number of alkyl halides is 2. The minimum Gasteiger partial charge on any atom is -0.356 e. The van der Waals surface area contributed by atoms with Gasteiger partial charge in [0.05, 0.1) is 17.3 Å². The minimum atomic E-state index is -2.67. The van der Waals surface area contributed by atoms with E-state index in [4.69, 9.17) is 5.26 Å². The maximum atomic E-state index is 13.3. The molecule has 7 nitrogen and oxygen atoms in total. The molecule has 3 aromatic rings. The Morgan fingerprint density at radius 2 is 2.15 bits per heavy atom. The van der Waals surface area contributed by atoms with Crippen molar-refractivity contribution in [3.63, 3.8) is 0 Å². The number of piperidine rings is 1. The predicted molar refractivity (Wildman–Crippen MR) is 93.4 cm³/mol. The van der Waals surface area contributed by atoms with Crippen molar-refractivity contribution >= 4 is 11.6 Å². The lowest BCUT2D eigenvalue weighted by atomic mass is 9.84. The summed E-state index contributed by atoms with van der Waals surface area (Å²) in [5, 5.41) is 13.3. The van der Waals surface area contributed by atoms with Gasteiger partial charge in [0.2, 0.25) is 0 Å². The van der Waals surface area contributed by atoms with E-state index < -0.39 is 6.43 Å². The summed E-state index contributed by atoms with van der Waals surface area (Å²) in [6.45, 7) is 3.48. The quantitative estimate of drug-likeness (QED) is 0.706. The molecular formula is C18H17F2N7. The molecule has 0 unspecified atom stereocenters. The Labute approximate surface area is 154 Å². The number of nitrogens with zero attached hydrogens (tertiary/aromatic N) is 7. The van der Waals surface area contributed by atoms with Gasteiger partial charge >= 0.3 is 0 Å². The van der Waals surface area contributed by atoms with Crippen LogP contribution in [0, 0.1) is 17.2 Å². The largest absolute Gasteiger partial charge is 0.356 e. The van der Waals surface area contributed by atoms with Gasteiger partial charge in [0, 0.05) is 25.2 Å². The van der Waals surface area contributed by atoms with Gasteiger partial charge in [-0.15, -0.1) is 0 Å². The number of fused-ring (bicyclic) bond motifs is 1. The van der Waals surface area contributed by atoms with Gasteiger partial charge in [0.15, 0.2) is 0 Å². The maximum absolute atomic E-state index is 13.3. The van der Waals surface area contributed by atoms with E-state index in [2.05, 4.69) is 37.9 Å². The first-order valence-corrected chi connectivity index (χ1v) is 8.66. The standard InChI is InChI=1S/C18H17F2N7/c1-11-3-5-26(16-6-12(8-21)2-4-22-16)9-13(11)15-7-14(17(19)20)25-18-23-10-24-27(15)18/h2,4,6-7,10-11,13,17H,3,5,9H2,1H3/t11-,13-/m1/s1. The van der Waals surface area contributed by atoms with Crippen LogP contribution in [0.2, 0.25) is 0 Å². The van der Waals surface area contributed by atoms with Crippen LogP contribution in [-0.4, -0.2) is 37.7 Å². The predicted octanol–water partition coefficient (Wildman–Crippen LogP) is 2.96. The molecule has 0 saturated carbocycles. The van der Waals surface area contributed by atoms with Crippen molar-refractivity contribution in [3.8, 4) is 6.07 Å². The number of aromatic nitrogens is 5. The van der Waals surface area contributed by atoms with Gasteiger partial charge in [-0.2, -0.15) is 15.3 Å². The zero-order valence-electron chi connectivity index (χ0n) is 14.6. The summed E-state index contributed by atoms with van der Waals surface area (Å²) in [4.78, 5) is 14.3. The first-order chi connectivity index (χ1) is 13.1. The number of rotatable bonds is 3. The van der Waals surface area contributed by atoms with E-state index in [-0.39, 0.29) is 23.3 Å². The summed E-state index contributed by atoms with van der Waals surface area (Å²) in [5.41, 5.74) is 0.915. The maximum Gasteiger partial charge on any atom is 0.280 e. The second-order valence-electron chi connectivity index (χ2n) is 6.71. The van der Waals surface area contributed by atoms with E-state index in [1.807, 2.05) is 0 Å². The molecule has 1 aliphatic rings. The van der Waals surface area contributed by atoms with Crippen LogP contribution >= 0.6 is 0 Å². The number of hydrogen-bond acceptors (Lipinski definition) is 6. The van der Waals surface area contributed by atoms with Crippen molar-refractivity contribution < 1.29 is 8.78 Å². The SMILES string of the molecule is C[C@@H]1CCN(c2cc(C#N)ccn2)C[C@H]1c1cc(C(F)F)nc2ncnn12. The van der Waals surface area contributed by atoms with E-state index in [0.717, 1.165) is 13.0 Å². The van der Waals surface area contributed by atoms with Crippen LogP contribution in [-0.2, 0) is 0 Å². The first-order valence-electron chi connectivity index (χ1n) is 8.66. The molecule has 0 bridgehead atoms. The van der Waals surface area contributed by atoms with Crippen LogP contribution in [0.5, 0.6) is 0 Å². The van der Waals surface area contributed by atoms with Crippen molar-refractivity contribution in [1.29, 1.82) is 5.26 Å². The van der Waals surface area contributed by atoms with E-state index in [0.29, 0.717) is 23.6 Å². The van der Waals surface area contributed by atoms with Crippen molar-refractivity contribution in [2.24, 2.45) is 5.92 Å². The number of hydrogen-bond donors (Lipinski definition) is 0. The second-order valence-corrected chi connectivity index (χ2v) is 6.71. The summed E-state index contributed by atoms with van der Waals surface area (Å²) < 4.78 is 28.1. The normalized spacial score (nSPS) is 20.2. The van der Waals surface area contributed by atoms with Crippen LogP contribution in [0.1, 0.15) is 42.6 Å². The lowest BCUT2D eigenvalue weighted by Gasteiger charge is -2.38. The lowest BCUT2D eigenvalue weighted by molar-refractivity contribution is 0.146. The fourth-order valence-corrected chi connectivity index (χ4v) is 3.55. The third-order valence-electron chi connectivity index (χ3n) is 5.06. The van der Waals surface area contributed by atoms with E-state index in [1.165, 1.54) is 16.9 Å². The molecule has 0 aromatic carbocycles. The molecule has 1 fully saturated rings. The molecule has 0 amide bonds. The topological polar surface area (TPSA) is 83.0 Å². The average Bonchev–Trinajstić information content (AvgIpc) is 3.16. The van der Waals surface area contributed by atoms with Crippen molar-refractivity contribution in [3.05, 3.63) is 47.7 Å². The van der Waals surface area contributed by atoms with Crippen molar-refractivity contribution in [2.45, 2.75) is 25.7 Å². The molecule has 0 aliphatic carbocycles. The Balaban J connectivity index is 1.73. The van der Waals surface area contributed by atoms with Gasteiger partial charge in [-0.3, -0.25) is 0 Å². The van der Waals surface area contributed by atoms with Crippen LogP contribution in [0.25, 0.3) is 5.78 Å². The molecule has 138 valence electrons. The fourth-order valence-electron chi connectivity index (χ4n) is 3.55. The average molecular weight is 369 g/mol. The summed E-state index contributed by atoms with van der Waals surface area (Å²) in [6, 6.07) is 6.95. The molecule has 1 saturated heterocycles. The zero-order valence-corrected chi connectivity index (χ0v) is 14.6. The highest BCUT2D eigenvalue weighted by Crippen LogP contribution is 2.35. The van der Waals surface area contributed by atoms with E-state index >= 15 is 0 Å². The molecule has 4 rings (SSSR count). The Hall–Kier alpha value is -3.15. The Morgan fingerprint density at radius 3 is 2.93 bits per heavy atom. The number of anilines is 1. The van der Waals surface area contributed by atoms with Crippen LogP contribution in [0.15, 0.2) is 30.7 Å². The Morgan fingerprint density at radius 1 is 1.30 bits per heavy atom. The van der Waals surface area contributed by atoms with Crippen LogP contribution in [0.4, 0.5) is 14.6 Å². The Bertz CT molecular complexity index is 1010. The molecule has 0 N–H and O–H groups in total. The summed E-state index contributed by atoms with van der Waals surface area (Å²) in [5.74, 6) is 1.11. The number of pyridine rings is 1. The smallest absolute Gasteiger partial charge is 0.280 e. The number of halogens is 2. The zero-order chi connectivity index (χ0) is 19.0. The van der Waals surface area contributed by atoms with Gasteiger partial charge in [-0.25, -0.2) is 23.3 Å². The lowest BCUT2D eigenvalue weighted by Crippen LogP contribution is -2.39. The van der Waals surface area contributed by atoms with Crippen LogP contribution < -0.4 is 4.90 Å². The molecule has 27 heavy (non-hydrogen) atoms. The highest BCUT2D eigenvalue weighted by atomic mass is 19.3. The van der Waals surface area contributed by atoms with Crippen molar-refractivity contribution in [1.82, 2.24) is 24.6 Å². The van der Waals surface area contributed by atoms with Crippen molar-refractivity contribution in [2.75, 3.05) is 18.0 Å². The summed E-state index contributed by atoms with van der Waals surface area (Å²) in [7, 11) is 0. The highest BCUT2D eigenvalue weighted by molar-refractivity contribution is 5.46. The molecule has 4 heterocycles. The Kier molecular flexibility index (Phi) is 4.39. The molecule has 9 heteroatoms. The van der Waals surface area contributed by atoms with Gasteiger partial charge < -0.3 is 4.90 Å². The molecule has 0 spiro atoms. The van der Waals surface area contributed by atoms with Crippen LogP contribution in [0.3, 0.4) is 0 Å². The summed E-state index contributed by atoms with van der Waals surface area (Å²) in [6.07, 6.45) is 1.13. The van der Waals surface area contributed by atoms with Gasteiger partial charge in [-0.1, -0.05) is 6.92 Å². The highest BCUT2D eigenvalue weighted by Gasteiger charge is 2.31. The molecule has 2 atom stereocenters. The number of nitriles is 1. The van der Waals surface area contributed by atoms with E-state index in [9.17, 15) is 8.78 Å². The van der Waals surface area contributed by atoms with E-state index in [1.54, 1.807) is 18.3 Å². The van der Waals surface area contributed by atoms with Gasteiger partial charge in [0.25, 0.3) is 12.2 Å². The minimum absolute atomic E-state index is 0.0454. The summed E-state index contributed by atoms with van der Waals surface area (Å²) >= 11 is 0. The fraction of sp³-hybridized carbons (Fsp3) is 0.389. The van der Waals surface area contributed by atoms with Gasteiger partial charge in [0.1, 0.15) is 17.8 Å². The monoisotopic (exact) mass is 369 g/mol. The molecule has 3 aromatic heterocycles. The molecule has 1 aliphatic heterocycles. The molecular weight excluding hydrogens is 352 g/mol. The first kappa shape index (κ1) is 17.3. The molecule has 0 radical (unpaired) electrons. The third kappa shape index (κ3) is 3.18.